The second-order valence-electron chi connectivity index (χ2n) is 6.90. The van der Waals surface area contributed by atoms with Crippen molar-refractivity contribution in [2.24, 2.45) is 5.41 Å². The van der Waals surface area contributed by atoms with E-state index in [1.54, 1.807) is 0 Å². The third-order valence-electron chi connectivity index (χ3n) is 4.82. The first-order chi connectivity index (χ1) is 10.0. The zero-order chi connectivity index (χ0) is 15.0. The van der Waals surface area contributed by atoms with E-state index >= 15 is 0 Å². The molecule has 0 aromatic heterocycles. The second kappa shape index (κ2) is 5.22. The number of para-hydroxylation sites is 1. The first-order valence-electron chi connectivity index (χ1n) is 7.96. The number of rotatable bonds is 3. The number of anilines is 1. The zero-order valence-electron chi connectivity index (χ0n) is 13.5. The van der Waals surface area contributed by atoms with Gasteiger partial charge in [0.05, 0.1) is 6.04 Å². The van der Waals surface area contributed by atoms with Crippen molar-refractivity contribution >= 4 is 5.69 Å². The van der Waals surface area contributed by atoms with Crippen molar-refractivity contribution in [1.29, 1.82) is 0 Å². The third-order valence-corrected chi connectivity index (χ3v) is 4.82. The van der Waals surface area contributed by atoms with E-state index in [0.717, 1.165) is 12.8 Å². The molecule has 3 rings (SSSR count). The van der Waals surface area contributed by atoms with Crippen LogP contribution in [-0.4, -0.2) is 0 Å². The molecule has 1 heteroatoms. The number of nitrogens with one attached hydrogen (secondary N) is 1. The lowest BCUT2D eigenvalue weighted by molar-refractivity contribution is 0.337. The van der Waals surface area contributed by atoms with E-state index in [9.17, 15) is 0 Å². The SMILES string of the molecule is CCc1cccc(C)c1NC1c2ccccc2CC1(C)C. The molecule has 0 saturated heterocycles. The molecule has 2 aromatic carbocycles. The number of hydrogen-bond donors (Lipinski definition) is 1. The maximum Gasteiger partial charge on any atom is 0.0570 e. The van der Waals surface area contributed by atoms with Gasteiger partial charge in [0.1, 0.15) is 0 Å². The molecule has 0 spiro atoms. The Morgan fingerprint density at radius 2 is 1.86 bits per heavy atom. The molecule has 2 aromatic rings. The lowest BCUT2D eigenvalue weighted by Gasteiger charge is -2.31. The highest BCUT2D eigenvalue weighted by molar-refractivity contribution is 5.60. The van der Waals surface area contributed by atoms with Gasteiger partial charge in [-0.15, -0.1) is 0 Å². The summed E-state index contributed by atoms with van der Waals surface area (Å²) in [5, 5.41) is 3.88. The van der Waals surface area contributed by atoms with Crippen LogP contribution in [0, 0.1) is 12.3 Å². The van der Waals surface area contributed by atoms with Crippen LogP contribution in [0.15, 0.2) is 42.5 Å². The van der Waals surface area contributed by atoms with E-state index in [4.69, 9.17) is 0 Å². The smallest absolute Gasteiger partial charge is 0.0570 e. The molecule has 0 saturated carbocycles. The van der Waals surface area contributed by atoms with Crippen LogP contribution in [0.1, 0.15) is 49.1 Å². The van der Waals surface area contributed by atoms with Gasteiger partial charge in [-0.2, -0.15) is 0 Å². The maximum atomic E-state index is 3.88. The predicted octanol–water partition coefficient (Wildman–Crippen LogP) is 5.29. The molecule has 1 aliphatic rings. The molecule has 21 heavy (non-hydrogen) atoms. The molecule has 0 amide bonds. The summed E-state index contributed by atoms with van der Waals surface area (Å²) in [5.41, 5.74) is 7.29. The Bertz CT molecular complexity index is 655. The summed E-state index contributed by atoms with van der Waals surface area (Å²) in [4.78, 5) is 0. The summed E-state index contributed by atoms with van der Waals surface area (Å²) in [6.07, 6.45) is 2.22. The van der Waals surface area contributed by atoms with E-state index in [2.05, 4.69) is 75.5 Å². The van der Waals surface area contributed by atoms with Gasteiger partial charge in [0.2, 0.25) is 0 Å². The summed E-state index contributed by atoms with van der Waals surface area (Å²) in [7, 11) is 0. The Hall–Kier alpha value is -1.76. The van der Waals surface area contributed by atoms with Crippen molar-refractivity contribution in [2.45, 2.75) is 46.6 Å². The molecule has 0 fully saturated rings. The summed E-state index contributed by atoms with van der Waals surface area (Å²) in [5.74, 6) is 0. The molecule has 1 atom stereocenters. The van der Waals surface area contributed by atoms with Gasteiger partial charge < -0.3 is 5.32 Å². The Balaban J connectivity index is 2.02. The van der Waals surface area contributed by atoms with Crippen LogP contribution in [0.5, 0.6) is 0 Å². The Morgan fingerprint density at radius 1 is 1.10 bits per heavy atom. The minimum atomic E-state index is 0.247. The highest BCUT2D eigenvalue weighted by Crippen LogP contribution is 2.47. The first-order valence-corrected chi connectivity index (χ1v) is 7.96. The van der Waals surface area contributed by atoms with Gasteiger partial charge in [-0.1, -0.05) is 63.2 Å². The van der Waals surface area contributed by atoms with Gasteiger partial charge in [-0.25, -0.2) is 0 Å². The van der Waals surface area contributed by atoms with Crippen molar-refractivity contribution in [2.75, 3.05) is 5.32 Å². The zero-order valence-corrected chi connectivity index (χ0v) is 13.5. The second-order valence-corrected chi connectivity index (χ2v) is 6.90. The molecule has 1 aliphatic carbocycles. The van der Waals surface area contributed by atoms with Crippen molar-refractivity contribution in [3.63, 3.8) is 0 Å². The molecule has 1 nitrogen and oxygen atoms in total. The summed E-state index contributed by atoms with van der Waals surface area (Å²) < 4.78 is 0. The molecule has 0 bridgehead atoms. The van der Waals surface area contributed by atoms with Crippen LogP contribution in [0.25, 0.3) is 0 Å². The van der Waals surface area contributed by atoms with Gasteiger partial charge in [0, 0.05) is 5.69 Å². The van der Waals surface area contributed by atoms with E-state index in [-0.39, 0.29) is 5.41 Å². The monoisotopic (exact) mass is 279 g/mol. The van der Waals surface area contributed by atoms with Gasteiger partial charge in [-0.3, -0.25) is 0 Å². The summed E-state index contributed by atoms with van der Waals surface area (Å²) in [6, 6.07) is 15.9. The van der Waals surface area contributed by atoms with Crippen molar-refractivity contribution in [3.05, 3.63) is 64.7 Å². The van der Waals surface area contributed by atoms with E-state index in [1.165, 1.54) is 27.9 Å². The Kier molecular flexibility index (Phi) is 3.52. The van der Waals surface area contributed by atoms with Crippen LogP contribution in [0.4, 0.5) is 5.69 Å². The van der Waals surface area contributed by atoms with Gasteiger partial charge in [-0.05, 0) is 47.4 Å². The van der Waals surface area contributed by atoms with Crippen LogP contribution in [0.3, 0.4) is 0 Å². The summed E-state index contributed by atoms with van der Waals surface area (Å²) in [6.45, 7) is 9.17. The summed E-state index contributed by atoms with van der Waals surface area (Å²) >= 11 is 0. The minimum Gasteiger partial charge on any atom is -0.377 e. The average molecular weight is 279 g/mol. The van der Waals surface area contributed by atoms with Crippen LogP contribution < -0.4 is 5.32 Å². The Morgan fingerprint density at radius 3 is 2.62 bits per heavy atom. The molecule has 0 aliphatic heterocycles. The van der Waals surface area contributed by atoms with Crippen molar-refractivity contribution < 1.29 is 0 Å². The van der Waals surface area contributed by atoms with Crippen LogP contribution in [0.2, 0.25) is 0 Å². The number of hydrogen-bond acceptors (Lipinski definition) is 1. The molecule has 1 N–H and O–H groups in total. The molecule has 0 radical (unpaired) electrons. The molecule has 110 valence electrons. The highest BCUT2D eigenvalue weighted by atomic mass is 15.0. The lowest BCUT2D eigenvalue weighted by Crippen LogP contribution is -2.25. The van der Waals surface area contributed by atoms with Crippen LogP contribution >= 0.6 is 0 Å². The fraction of sp³-hybridized carbons (Fsp3) is 0.400. The Labute approximate surface area is 128 Å². The van der Waals surface area contributed by atoms with Gasteiger partial charge >= 0.3 is 0 Å². The van der Waals surface area contributed by atoms with Crippen molar-refractivity contribution in [3.8, 4) is 0 Å². The minimum absolute atomic E-state index is 0.247. The predicted molar refractivity (Wildman–Crippen MR) is 90.8 cm³/mol. The lowest BCUT2D eigenvalue weighted by atomic mass is 9.85. The van der Waals surface area contributed by atoms with Crippen molar-refractivity contribution in [1.82, 2.24) is 0 Å². The third kappa shape index (κ3) is 2.46. The molecule has 1 unspecified atom stereocenters. The average Bonchev–Trinajstić information content (AvgIpc) is 2.71. The van der Waals surface area contributed by atoms with E-state index < -0.39 is 0 Å². The van der Waals surface area contributed by atoms with E-state index in [0.29, 0.717) is 6.04 Å². The normalized spacial score (nSPS) is 19.3. The van der Waals surface area contributed by atoms with E-state index in [1.807, 2.05) is 0 Å². The number of aryl methyl sites for hydroxylation is 2. The van der Waals surface area contributed by atoms with Crippen LogP contribution in [-0.2, 0) is 12.8 Å². The van der Waals surface area contributed by atoms with Gasteiger partial charge in [0.25, 0.3) is 0 Å². The fourth-order valence-electron chi connectivity index (χ4n) is 3.64. The maximum absolute atomic E-state index is 3.88. The number of fused-ring (bicyclic) bond motifs is 1. The van der Waals surface area contributed by atoms with Gasteiger partial charge in [0.15, 0.2) is 0 Å². The standard InChI is InChI=1S/C20H25N/c1-5-15-11-8-9-14(2)18(15)21-19-17-12-7-6-10-16(17)13-20(19,3)4/h6-12,19,21H,5,13H2,1-4H3. The fourth-order valence-corrected chi connectivity index (χ4v) is 3.64. The topological polar surface area (TPSA) is 12.0 Å². The largest absolute Gasteiger partial charge is 0.377 e. The highest BCUT2D eigenvalue weighted by Gasteiger charge is 2.38. The molecular weight excluding hydrogens is 254 g/mol. The number of benzene rings is 2. The molecular formula is C20H25N. The first kappa shape index (κ1) is 14.2. The quantitative estimate of drug-likeness (QED) is 0.804. The molecule has 0 heterocycles.